The van der Waals surface area contributed by atoms with Gasteiger partial charge in [-0.05, 0) is 31.6 Å². The third-order valence-electron chi connectivity index (χ3n) is 3.32. The van der Waals surface area contributed by atoms with Crippen LogP contribution in [-0.4, -0.2) is 28.9 Å². The first-order valence-corrected chi connectivity index (χ1v) is 6.32. The number of alkyl halides is 2. The highest BCUT2D eigenvalue weighted by molar-refractivity contribution is 5.85. The van der Waals surface area contributed by atoms with Gasteiger partial charge in [0.05, 0.1) is 12.4 Å². The molecule has 1 aromatic rings. The lowest BCUT2D eigenvalue weighted by atomic mass is 9.86. The van der Waals surface area contributed by atoms with Crippen LogP contribution in [-0.2, 0) is 6.54 Å². The summed E-state index contributed by atoms with van der Waals surface area (Å²) in [7, 11) is 0. The molecule has 0 radical (unpaired) electrons. The monoisotopic (exact) mass is 295 g/mol. The van der Waals surface area contributed by atoms with Crippen LogP contribution in [0.25, 0.3) is 0 Å². The Bertz CT molecular complexity index is 368. The van der Waals surface area contributed by atoms with E-state index in [0.717, 1.165) is 32.2 Å². The highest BCUT2D eigenvalue weighted by Crippen LogP contribution is 2.24. The molecule has 1 aromatic heterocycles. The number of aromatic nitrogens is 2. The zero-order valence-electron chi connectivity index (χ0n) is 10.7. The molecule has 0 bridgehead atoms. The van der Waals surface area contributed by atoms with E-state index in [1.165, 1.54) is 6.20 Å². The van der Waals surface area contributed by atoms with Crippen molar-refractivity contribution in [3.8, 4) is 5.75 Å². The molecule has 110 valence electrons. The molecule has 4 nitrogen and oxygen atoms in total. The van der Waals surface area contributed by atoms with Crippen LogP contribution >= 0.6 is 12.4 Å². The predicted molar refractivity (Wildman–Crippen MR) is 70.9 cm³/mol. The van der Waals surface area contributed by atoms with E-state index >= 15 is 0 Å². The van der Waals surface area contributed by atoms with Crippen molar-refractivity contribution in [3.05, 3.63) is 12.4 Å². The van der Waals surface area contributed by atoms with Gasteiger partial charge in [-0.1, -0.05) is 0 Å². The Hall–Kier alpha value is -0.880. The Morgan fingerprint density at radius 3 is 2.68 bits per heavy atom. The van der Waals surface area contributed by atoms with Crippen molar-refractivity contribution in [1.82, 2.24) is 9.78 Å². The number of nitrogens with zero attached hydrogens (tertiary/aromatic N) is 2. The zero-order valence-corrected chi connectivity index (χ0v) is 11.5. The molecule has 0 unspecified atom stereocenters. The topological polar surface area (TPSA) is 53.1 Å². The molecule has 19 heavy (non-hydrogen) atoms. The Kier molecular flexibility index (Phi) is 6.51. The minimum atomic E-state index is -2.45. The molecule has 1 heterocycles. The molecular formula is C12H20ClF2N3O. The van der Waals surface area contributed by atoms with Gasteiger partial charge >= 0.3 is 0 Å². The first-order valence-electron chi connectivity index (χ1n) is 6.32. The first kappa shape index (κ1) is 16.2. The largest absolute Gasteiger partial charge is 0.484 e. The second kappa shape index (κ2) is 7.65. The van der Waals surface area contributed by atoms with E-state index in [1.54, 1.807) is 10.9 Å². The second-order valence-electron chi connectivity index (χ2n) is 4.88. The number of halogens is 3. The summed E-state index contributed by atoms with van der Waals surface area (Å²) in [6, 6.07) is 0.337. The molecule has 0 amide bonds. The molecule has 2 rings (SSSR count). The van der Waals surface area contributed by atoms with Crippen LogP contribution in [0, 0.1) is 5.92 Å². The summed E-state index contributed by atoms with van der Waals surface area (Å²) >= 11 is 0. The Balaban J connectivity index is 0.00000180. The van der Waals surface area contributed by atoms with Gasteiger partial charge < -0.3 is 10.5 Å². The standard InChI is InChI=1S/C12H19F2N3O.ClH/c13-12(14)8-18-11-5-16-17(7-11)6-9-1-3-10(15)4-2-9;/h5,7,9-10,12H,1-4,6,8,15H2;1H. The van der Waals surface area contributed by atoms with Gasteiger partial charge in [0.15, 0.2) is 5.75 Å². The van der Waals surface area contributed by atoms with Gasteiger partial charge in [-0.2, -0.15) is 5.10 Å². The molecule has 1 aliphatic carbocycles. The molecule has 1 saturated carbocycles. The summed E-state index contributed by atoms with van der Waals surface area (Å²) in [6.45, 7) is 0.231. The first-order chi connectivity index (χ1) is 8.63. The number of hydrogen-bond acceptors (Lipinski definition) is 3. The van der Waals surface area contributed by atoms with Crippen LogP contribution in [0.1, 0.15) is 25.7 Å². The van der Waals surface area contributed by atoms with E-state index in [2.05, 4.69) is 5.10 Å². The van der Waals surface area contributed by atoms with E-state index in [9.17, 15) is 8.78 Å². The van der Waals surface area contributed by atoms with E-state index in [1.807, 2.05) is 0 Å². The van der Waals surface area contributed by atoms with Crippen molar-refractivity contribution >= 4 is 12.4 Å². The highest BCUT2D eigenvalue weighted by Gasteiger charge is 2.19. The molecule has 2 N–H and O–H groups in total. The summed E-state index contributed by atoms with van der Waals surface area (Å²) in [5.74, 6) is 0.982. The van der Waals surface area contributed by atoms with E-state index in [-0.39, 0.29) is 12.4 Å². The van der Waals surface area contributed by atoms with Gasteiger partial charge in [-0.3, -0.25) is 4.68 Å². The van der Waals surface area contributed by atoms with Gasteiger partial charge in [0.25, 0.3) is 6.43 Å². The molecule has 1 aliphatic rings. The number of nitrogens with two attached hydrogens (primary N) is 1. The SMILES string of the molecule is Cl.NC1CCC(Cn2cc(OCC(F)F)cn2)CC1. The zero-order chi connectivity index (χ0) is 13.0. The van der Waals surface area contributed by atoms with Crippen LogP contribution in [0.5, 0.6) is 5.75 Å². The van der Waals surface area contributed by atoms with Crippen LogP contribution < -0.4 is 10.5 Å². The van der Waals surface area contributed by atoms with Gasteiger partial charge in [-0.25, -0.2) is 8.78 Å². The fraction of sp³-hybridized carbons (Fsp3) is 0.750. The summed E-state index contributed by atoms with van der Waals surface area (Å²) < 4.78 is 30.6. The molecule has 0 aliphatic heterocycles. The maximum absolute atomic E-state index is 12.0. The van der Waals surface area contributed by atoms with Gasteiger partial charge in [0.1, 0.15) is 6.61 Å². The van der Waals surface area contributed by atoms with Crippen molar-refractivity contribution < 1.29 is 13.5 Å². The maximum atomic E-state index is 12.0. The fourth-order valence-electron chi connectivity index (χ4n) is 2.31. The molecular weight excluding hydrogens is 276 g/mol. The minimum Gasteiger partial charge on any atom is -0.484 e. The lowest BCUT2D eigenvalue weighted by Crippen LogP contribution is -2.28. The smallest absolute Gasteiger partial charge is 0.272 e. The lowest BCUT2D eigenvalue weighted by molar-refractivity contribution is 0.0818. The van der Waals surface area contributed by atoms with Crippen molar-refractivity contribution in [2.45, 2.75) is 44.7 Å². The third-order valence-corrected chi connectivity index (χ3v) is 3.32. The van der Waals surface area contributed by atoms with Crippen molar-refractivity contribution in [1.29, 1.82) is 0 Å². The molecule has 0 spiro atoms. The van der Waals surface area contributed by atoms with Gasteiger partial charge in [-0.15, -0.1) is 12.4 Å². The summed E-state index contributed by atoms with van der Waals surface area (Å²) in [5.41, 5.74) is 5.85. The molecule has 0 atom stereocenters. The fourth-order valence-corrected chi connectivity index (χ4v) is 2.31. The Morgan fingerprint density at radius 2 is 2.05 bits per heavy atom. The van der Waals surface area contributed by atoms with Crippen molar-refractivity contribution in [3.63, 3.8) is 0 Å². The van der Waals surface area contributed by atoms with Crippen LogP contribution in [0.3, 0.4) is 0 Å². The Morgan fingerprint density at radius 1 is 1.37 bits per heavy atom. The van der Waals surface area contributed by atoms with Gasteiger partial charge in [0, 0.05) is 12.6 Å². The van der Waals surface area contributed by atoms with Crippen molar-refractivity contribution in [2.24, 2.45) is 11.7 Å². The summed E-state index contributed by atoms with van der Waals surface area (Å²) in [4.78, 5) is 0. The summed E-state index contributed by atoms with van der Waals surface area (Å²) in [5, 5.41) is 4.12. The molecule has 1 fully saturated rings. The number of ether oxygens (including phenoxy) is 1. The van der Waals surface area contributed by atoms with Crippen molar-refractivity contribution in [2.75, 3.05) is 6.61 Å². The van der Waals surface area contributed by atoms with E-state index in [4.69, 9.17) is 10.5 Å². The highest BCUT2D eigenvalue weighted by atomic mass is 35.5. The van der Waals surface area contributed by atoms with Crippen LogP contribution in [0.15, 0.2) is 12.4 Å². The van der Waals surface area contributed by atoms with E-state index in [0.29, 0.717) is 17.7 Å². The van der Waals surface area contributed by atoms with Crippen LogP contribution in [0.2, 0.25) is 0 Å². The number of rotatable bonds is 5. The predicted octanol–water partition coefficient (Wildman–Crippen LogP) is 2.47. The number of hydrogen-bond donors (Lipinski definition) is 1. The Labute approximate surface area is 117 Å². The normalized spacial score (nSPS) is 23.2. The van der Waals surface area contributed by atoms with E-state index < -0.39 is 13.0 Å². The minimum absolute atomic E-state index is 0. The molecule has 0 saturated heterocycles. The maximum Gasteiger partial charge on any atom is 0.272 e. The summed E-state index contributed by atoms with van der Waals surface area (Å²) in [6.07, 6.45) is 5.03. The second-order valence-corrected chi connectivity index (χ2v) is 4.88. The van der Waals surface area contributed by atoms with Gasteiger partial charge in [0.2, 0.25) is 0 Å². The average molecular weight is 296 g/mol. The van der Waals surface area contributed by atoms with Crippen LogP contribution in [0.4, 0.5) is 8.78 Å². The molecule has 7 heteroatoms. The average Bonchev–Trinajstić information content (AvgIpc) is 2.77. The molecule has 0 aromatic carbocycles. The lowest BCUT2D eigenvalue weighted by Gasteiger charge is -2.25. The quantitative estimate of drug-likeness (QED) is 0.908. The third kappa shape index (κ3) is 5.32.